The number of carbonyl (C=O) groups excluding carboxylic acids is 1. The van der Waals surface area contributed by atoms with Crippen molar-refractivity contribution in [3.05, 3.63) is 100 Å². The SMILES string of the molecule is O=C1C2=C(NC(SCc3ccccc3F)=NC2c2ccc3c(c2)OCO3)c2ccccc21. The number of halogens is 1. The fraction of sp³-hybridized carbons (Fsp3) is 0.120. The molecule has 158 valence electrons. The molecule has 0 saturated heterocycles. The maximum Gasteiger partial charge on any atom is 0.231 e. The maximum atomic E-state index is 14.1. The maximum absolute atomic E-state index is 14.1. The number of ether oxygens (including phenoxy) is 2. The van der Waals surface area contributed by atoms with E-state index in [-0.39, 0.29) is 18.4 Å². The van der Waals surface area contributed by atoms with Crippen molar-refractivity contribution in [2.45, 2.75) is 11.8 Å². The Kier molecular flexibility index (Phi) is 4.50. The topological polar surface area (TPSA) is 59.9 Å². The van der Waals surface area contributed by atoms with Gasteiger partial charge in [-0.15, -0.1) is 0 Å². The van der Waals surface area contributed by atoms with E-state index in [9.17, 15) is 9.18 Å². The lowest BCUT2D eigenvalue weighted by Crippen LogP contribution is -2.27. The highest BCUT2D eigenvalue weighted by atomic mass is 32.2. The van der Waals surface area contributed by atoms with Crippen LogP contribution in [0.15, 0.2) is 77.3 Å². The Morgan fingerprint density at radius 2 is 1.78 bits per heavy atom. The molecule has 3 aromatic carbocycles. The van der Waals surface area contributed by atoms with Crippen LogP contribution in [0.4, 0.5) is 4.39 Å². The van der Waals surface area contributed by atoms with Crippen LogP contribution in [0.1, 0.15) is 33.1 Å². The van der Waals surface area contributed by atoms with Crippen LogP contribution in [0.5, 0.6) is 11.5 Å². The van der Waals surface area contributed by atoms with Crippen LogP contribution in [0, 0.1) is 5.82 Å². The smallest absolute Gasteiger partial charge is 0.231 e. The number of carbonyl (C=O) groups is 1. The van der Waals surface area contributed by atoms with E-state index in [2.05, 4.69) is 5.32 Å². The van der Waals surface area contributed by atoms with E-state index in [0.717, 1.165) is 16.8 Å². The first-order chi connectivity index (χ1) is 15.7. The molecule has 0 saturated carbocycles. The van der Waals surface area contributed by atoms with Crippen molar-refractivity contribution in [2.24, 2.45) is 4.99 Å². The van der Waals surface area contributed by atoms with Gasteiger partial charge < -0.3 is 14.8 Å². The number of ketones is 1. The molecule has 5 nitrogen and oxygen atoms in total. The number of aliphatic imine (C=N–C) groups is 1. The number of thioether (sulfide) groups is 1. The van der Waals surface area contributed by atoms with Crippen molar-refractivity contribution in [3.8, 4) is 11.5 Å². The molecular weight excluding hydrogens is 427 g/mol. The van der Waals surface area contributed by atoms with E-state index in [1.165, 1.54) is 17.8 Å². The third-order valence-electron chi connectivity index (χ3n) is 5.74. The summed E-state index contributed by atoms with van der Waals surface area (Å²) < 4.78 is 25.1. The van der Waals surface area contributed by atoms with Crippen LogP contribution in [-0.2, 0) is 5.75 Å². The normalized spacial score (nSPS) is 18.2. The number of nitrogens with one attached hydrogen (secondary N) is 1. The largest absolute Gasteiger partial charge is 0.454 e. The number of fused-ring (bicyclic) bond motifs is 3. The quantitative estimate of drug-likeness (QED) is 0.609. The van der Waals surface area contributed by atoms with Gasteiger partial charge in [0.25, 0.3) is 0 Å². The predicted molar refractivity (Wildman–Crippen MR) is 121 cm³/mol. The second-order valence-electron chi connectivity index (χ2n) is 7.62. The second kappa shape index (κ2) is 7.53. The lowest BCUT2D eigenvalue weighted by atomic mass is 9.95. The summed E-state index contributed by atoms with van der Waals surface area (Å²) in [6.07, 6.45) is 0. The standard InChI is InChI=1S/C25H17FN2O3S/c26-18-8-4-1-5-15(18)12-32-25-27-22(14-9-10-19-20(11-14)31-13-30-19)21-23(28-25)16-6-2-3-7-17(16)24(21)29/h1-11,22H,12-13H2,(H,27,28). The monoisotopic (exact) mass is 444 g/mol. The summed E-state index contributed by atoms with van der Waals surface area (Å²) in [5.74, 6) is 1.46. The molecule has 2 aliphatic heterocycles. The van der Waals surface area contributed by atoms with E-state index in [4.69, 9.17) is 14.5 Å². The van der Waals surface area contributed by atoms with Crippen LogP contribution in [0.2, 0.25) is 0 Å². The molecule has 0 spiro atoms. The highest BCUT2D eigenvalue weighted by Gasteiger charge is 2.38. The van der Waals surface area contributed by atoms with Gasteiger partial charge >= 0.3 is 0 Å². The van der Waals surface area contributed by atoms with Gasteiger partial charge in [0.15, 0.2) is 22.4 Å². The Bertz CT molecular complexity index is 1330. The van der Waals surface area contributed by atoms with Crippen molar-refractivity contribution in [1.29, 1.82) is 0 Å². The lowest BCUT2D eigenvalue weighted by molar-refractivity contribution is 0.103. The minimum atomic E-state index is -0.497. The van der Waals surface area contributed by atoms with E-state index in [0.29, 0.717) is 39.1 Å². The van der Waals surface area contributed by atoms with Crippen LogP contribution in [0.3, 0.4) is 0 Å². The number of amidine groups is 1. The molecule has 0 amide bonds. The first kappa shape index (κ1) is 19.1. The van der Waals surface area contributed by atoms with E-state index in [1.54, 1.807) is 12.1 Å². The summed E-state index contributed by atoms with van der Waals surface area (Å²) in [5, 5.41) is 3.98. The summed E-state index contributed by atoms with van der Waals surface area (Å²) in [7, 11) is 0. The van der Waals surface area contributed by atoms with Gasteiger partial charge in [0.2, 0.25) is 6.79 Å². The third kappa shape index (κ3) is 3.08. The Hall–Kier alpha value is -3.58. The van der Waals surface area contributed by atoms with Crippen molar-refractivity contribution in [3.63, 3.8) is 0 Å². The zero-order valence-electron chi connectivity index (χ0n) is 16.8. The molecule has 1 unspecified atom stereocenters. The summed E-state index contributed by atoms with van der Waals surface area (Å²) in [4.78, 5) is 18.2. The van der Waals surface area contributed by atoms with Crippen molar-refractivity contribution >= 4 is 28.4 Å². The van der Waals surface area contributed by atoms with E-state index >= 15 is 0 Å². The van der Waals surface area contributed by atoms with E-state index in [1.807, 2.05) is 48.5 Å². The van der Waals surface area contributed by atoms with Gasteiger partial charge in [-0.25, -0.2) is 9.38 Å². The summed E-state index contributed by atoms with van der Waals surface area (Å²) >= 11 is 1.41. The molecule has 0 aromatic heterocycles. The van der Waals surface area contributed by atoms with Gasteiger partial charge in [-0.05, 0) is 29.3 Å². The zero-order chi connectivity index (χ0) is 21.7. The molecule has 0 fully saturated rings. The van der Waals surface area contributed by atoms with Gasteiger partial charge in [-0.1, -0.05) is 60.3 Å². The molecule has 3 aromatic rings. The van der Waals surface area contributed by atoms with E-state index < -0.39 is 6.04 Å². The Morgan fingerprint density at radius 3 is 2.66 bits per heavy atom. The number of hydrogen-bond donors (Lipinski definition) is 1. The molecule has 0 radical (unpaired) electrons. The predicted octanol–water partition coefficient (Wildman–Crippen LogP) is 5.10. The molecule has 1 N–H and O–H groups in total. The van der Waals surface area contributed by atoms with Crippen LogP contribution >= 0.6 is 11.8 Å². The summed E-state index contributed by atoms with van der Waals surface area (Å²) in [5.41, 5.74) is 4.33. The molecule has 3 aliphatic rings. The summed E-state index contributed by atoms with van der Waals surface area (Å²) in [6.45, 7) is 0.177. The average Bonchev–Trinajstić information content (AvgIpc) is 3.41. The number of benzene rings is 3. The highest BCUT2D eigenvalue weighted by molar-refractivity contribution is 8.13. The Labute approximate surface area is 188 Å². The Morgan fingerprint density at radius 1 is 1.00 bits per heavy atom. The fourth-order valence-electron chi connectivity index (χ4n) is 4.18. The van der Waals surface area contributed by atoms with Crippen molar-refractivity contribution in [1.82, 2.24) is 5.32 Å². The number of nitrogens with zero attached hydrogens (tertiary/aromatic N) is 1. The second-order valence-corrected chi connectivity index (χ2v) is 8.58. The van der Waals surface area contributed by atoms with Crippen LogP contribution < -0.4 is 14.8 Å². The molecular formula is C25H17FN2O3S. The molecule has 0 bridgehead atoms. The molecule has 7 heteroatoms. The zero-order valence-corrected chi connectivity index (χ0v) is 17.6. The first-order valence-corrected chi connectivity index (χ1v) is 11.2. The number of rotatable bonds is 3. The van der Waals surface area contributed by atoms with Gasteiger partial charge in [-0.2, -0.15) is 0 Å². The van der Waals surface area contributed by atoms with Gasteiger partial charge in [0, 0.05) is 16.9 Å². The summed E-state index contributed by atoms with van der Waals surface area (Å²) in [6, 6.07) is 19.4. The van der Waals surface area contributed by atoms with Gasteiger partial charge in [0.05, 0.1) is 11.3 Å². The van der Waals surface area contributed by atoms with Crippen LogP contribution in [-0.4, -0.2) is 17.7 Å². The van der Waals surface area contributed by atoms with Crippen molar-refractivity contribution < 1.29 is 18.7 Å². The molecule has 32 heavy (non-hydrogen) atoms. The molecule has 1 aliphatic carbocycles. The first-order valence-electron chi connectivity index (χ1n) is 10.2. The highest BCUT2D eigenvalue weighted by Crippen LogP contribution is 2.45. The molecule has 2 heterocycles. The average molecular weight is 444 g/mol. The van der Waals surface area contributed by atoms with Crippen molar-refractivity contribution in [2.75, 3.05) is 6.79 Å². The number of hydrogen-bond acceptors (Lipinski definition) is 6. The van der Waals surface area contributed by atoms with Gasteiger partial charge in [-0.3, -0.25) is 4.79 Å². The minimum absolute atomic E-state index is 0.0346. The van der Waals surface area contributed by atoms with Crippen LogP contribution in [0.25, 0.3) is 5.70 Å². The Balaban J connectivity index is 1.40. The third-order valence-corrected chi connectivity index (χ3v) is 6.68. The number of Topliss-reactive ketones (excluding diaryl/α,β-unsaturated/α-hetero) is 1. The lowest BCUT2D eigenvalue weighted by Gasteiger charge is -2.24. The molecule has 1 atom stereocenters. The molecule has 6 rings (SSSR count). The van der Waals surface area contributed by atoms with Gasteiger partial charge in [0.1, 0.15) is 11.9 Å². The minimum Gasteiger partial charge on any atom is -0.454 e. The fourth-order valence-corrected chi connectivity index (χ4v) is 5.06.